The van der Waals surface area contributed by atoms with Gasteiger partial charge in [-0.1, -0.05) is 96.1 Å². The number of aliphatic hydroxyl groups is 3. The van der Waals surface area contributed by atoms with Gasteiger partial charge in [0.15, 0.2) is 12.1 Å². The van der Waals surface area contributed by atoms with Gasteiger partial charge in [-0.15, -0.1) is 0 Å². The molecule has 4 N–H and O–H groups in total. The highest BCUT2D eigenvalue weighted by atomic mass is 31.2. The van der Waals surface area contributed by atoms with Gasteiger partial charge in [0.2, 0.25) is 0 Å². The Morgan fingerprint density at radius 1 is 0.786 bits per heavy atom. The van der Waals surface area contributed by atoms with Gasteiger partial charge in [-0.05, 0) is 39.0 Å². The summed E-state index contributed by atoms with van der Waals surface area (Å²) in [6.45, 7) is 3.31. The molecule has 0 radical (unpaired) electrons. The Hall–Kier alpha value is -0.800. The third-order valence-corrected chi connectivity index (χ3v) is 10.1. The van der Waals surface area contributed by atoms with Crippen molar-refractivity contribution in [3.8, 4) is 0 Å². The first-order valence-corrected chi connectivity index (χ1v) is 18.2. The molecule has 0 aromatic heterocycles. The lowest BCUT2D eigenvalue weighted by molar-refractivity contribution is -0.901. The number of nitrogens with zero attached hydrogens (tertiary/aromatic N) is 1. The molecule has 9 nitrogen and oxygen atoms in total. The number of hydrogen-bond donors (Lipinski definition) is 4. The molecule has 250 valence electrons. The summed E-state index contributed by atoms with van der Waals surface area (Å²) < 4.78 is 22.9. The molecule has 0 rings (SSSR count). The fourth-order valence-electron chi connectivity index (χ4n) is 4.69. The Morgan fingerprint density at radius 3 is 1.76 bits per heavy atom. The first-order valence-electron chi connectivity index (χ1n) is 16.6. The molecular formula is C32H65NO8P+. The number of aliphatic hydroxyl groups excluding tert-OH is 2. The molecule has 0 aromatic carbocycles. The van der Waals surface area contributed by atoms with Crippen molar-refractivity contribution in [3.05, 3.63) is 12.2 Å². The van der Waals surface area contributed by atoms with E-state index in [1.54, 1.807) is 14.1 Å². The topological polar surface area (TPSA) is 134 Å². The van der Waals surface area contributed by atoms with Crippen molar-refractivity contribution in [2.24, 2.45) is 0 Å². The number of carbonyl (C=O) groups excluding carboxylic acids is 1. The van der Waals surface area contributed by atoms with E-state index >= 15 is 0 Å². The van der Waals surface area contributed by atoms with E-state index < -0.39 is 38.3 Å². The normalized spacial score (nSPS) is 15.3. The van der Waals surface area contributed by atoms with E-state index in [1.807, 2.05) is 0 Å². The number of hydrogen-bond acceptors (Lipinski definition) is 7. The van der Waals surface area contributed by atoms with Crippen molar-refractivity contribution in [3.63, 3.8) is 0 Å². The van der Waals surface area contributed by atoms with E-state index in [2.05, 4.69) is 19.1 Å². The second-order valence-electron chi connectivity index (χ2n) is 12.3. The van der Waals surface area contributed by atoms with Crippen LogP contribution in [-0.4, -0.2) is 82.7 Å². The van der Waals surface area contributed by atoms with Crippen molar-refractivity contribution in [2.45, 2.75) is 154 Å². The highest BCUT2D eigenvalue weighted by molar-refractivity contribution is 7.53. The molecule has 0 aliphatic carbocycles. The first kappa shape index (κ1) is 41.2. The number of unbranched alkanes of at least 4 members (excludes halogenated alkanes) is 15. The van der Waals surface area contributed by atoms with Gasteiger partial charge in [-0.3, -0.25) is 9.36 Å². The van der Waals surface area contributed by atoms with E-state index in [4.69, 9.17) is 19.5 Å². The maximum absolute atomic E-state index is 12.6. The molecule has 0 aromatic rings. The van der Waals surface area contributed by atoms with Gasteiger partial charge in [-0.2, -0.15) is 0 Å². The first-order chi connectivity index (χ1) is 19.9. The monoisotopic (exact) mass is 622 g/mol. The van der Waals surface area contributed by atoms with E-state index in [0.717, 1.165) is 19.3 Å². The molecule has 0 amide bonds. The van der Waals surface area contributed by atoms with Gasteiger partial charge in [0.05, 0.1) is 27.2 Å². The molecule has 0 spiro atoms. The minimum atomic E-state index is -4.11. The molecule has 2 unspecified atom stereocenters. The van der Waals surface area contributed by atoms with Crippen LogP contribution in [0, 0.1) is 0 Å². The predicted octanol–water partition coefficient (Wildman–Crippen LogP) is 6.81. The minimum absolute atomic E-state index is 0.0352. The molecular weight excluding hydrogens is 557 g/mol. The maximum atomic E-state index is 12.6. The van der Waals surface area contributed by atoms with Crippen molar-refractivity contribution in [1.82, 2.24) is 0 Å². The number of carbonyl (C=O) groups is 1. The molecule has 0 aliphatic heterocycles. The fourth-order valence-corrected chi connectivity index (χ4v) is 6.19. The summed E-state index contributed by atoms with van der Waals surface area (Å²) in [6, 6.07) is 0. The molecule has 0 saturated carbocycles. The van der Waals surface area contributed by atoms with E-state index in [0.29, 0.717) is 0 Å². The van der Waals surface area contributed by atoms with Crippen LogP contribution in [0.3, 0.4) is 0 Å². The minimum Gasteiger partial charge on any atom is -0.463 e. The van der Waals surface area contributed by atoms with Crippen LogP contribution in [0.5, 0.6) is 0 Å². The average Bonchev–Trinajstić information content (AvgIpc) is 2.94. The number of esters is 1. The van der Waals surface area contributed by atoms with Gasteiger partial charge in [0, 0.05) is 12.8 Å². The molecule has 10 heteroatoms. The van der Waals surface area contributed by atoms with Crippen LogP contribution in [0.25, 0.3) is 0 Å². The van der Waals surface area contributed by atoms with Crippen molar-refractivity contribution in [2.75, 3.05) is 33.9 Å². The van der Waals surface area contributed by atoms with Crippen LogP contribution >= 0.6 is 7.60 Å². The maximum Gasteiger partial charge on any atom is 0.384 e. The zero-order valence-corrected chi connectivity index (χ0v) is 28.2. The summed E-state index contributed by atoms with van der Waals surface area (Å²) in [4.78, 5) is 22.3. The van der Waals surface area contributed by atoms with Gasteiger partial charge >= 0.3 is 13.6 Å². The molecule has 0 heterocycles. The highest BCUT2D eigenvalue weighted by Gasteiger charge is 2.41. The summed E-state index contributed by atoms with van der Waals surface area (Å²) in [7, 11) is -0.730. The quantitative estimate of drug-likeness (QED) is 0.0179. The Bertz CT molecular complexity index is 731. The molecule has 0 bridgehead atoms. The van der Waals surface area contributed by atoms with Crippen LogP contribution in [0.1, 0.15) is 136 Å². The third-order valence-electron chi connectivity index (χ3n) is 7.98. The summed E-state index contributed by atoms with van der Waals surface area (Å²) in [5.74, 6) is -1.24. The Morgan fingerprint density at radius 2 is 1.26 bits per heavy atom. The van der Waals surface area contributed by atoms with Crippen molar-refractivity contribution in [1.29, 1.82) is 0 Å². The van der Waals surface area contributed by atoms with Crippen LogP contribution in [0.4, 0.5) is 0 Å². The lowest BCUT2D eigenvalue weighted by Crippen LogP contribution is -2.48. The average molecular weight is 623 g/mol. The number of allylic oxidation sites excluding steroid dienone is 2. The van der Waals surface area contributed by atoms with Crippen molar-refractivity contribution >= 4 is 13.6 Å². The zero-order chi connectivity index (χ0) is 31.7. The van der Waals surface area contributed by atoms with E-state index in [-0.39, 0.29) is 30.5 Å². The van der Waals surface area contributed by atoms with Crippen LogP contribution in [0.15, 0.2) is 12.2 Å². The SMILES string of the molecule is CCCCCCCCC/C=C\CCCCCCCCCCC(=O)OC[C@@H](O)COP(=O)(O)C(C)[N+](C)(C)CCC(O)O. The number of rotatable bonds is 29. The molecule has 0 saturated heterocycles. The molecule has 42 heavy (non-hydrogen) atoms. The van der Waals surface area contributed by atoms with Gasteiger partial charge in [0.1, 0.15) is 12.7 Å². The second kappa shape index (κ2) is 25.5. The lowest BCUT2D eigenvalue weighted by Gasteiger charge is -2.37. The number of ether oxygens (including phenoxy) is 1. The summed E-state index contributed by atoms with van der Waals surface area (Å²) in [5, 5.41) is 28.2. The van der Waals surface area contributed by atoms with E-state index in [1.165, 1.54) is 96.8 Å². The molecule has 0 fully saturated rings. The smallest absolute Gasteiger partial charge is 0.384 e. The Kier molecular flexibility index (Phi) is 25.0. The van der Waals surface area contributed by atoms with E-state index in [9.17, 15) is 19.4 Å². The predicted molar refractivity (Wildman–Crippen MR) is 170 cm³/mol. The molecule has 0 aliphatic rings. The largest absolute Gasteiger partial charge is 0.463 e. The van der Waals surface area contributed by atoms with Crippen LogP contribution in [0.2, 0.25) is 0 Å². The van der Waals surface area contributed by atoms with Gasteiger partial charge in [0.25, 0.3) is 0 Å². The Balaban J connectivity index is 3.72. The standard InChI is InChI=1S/C32H64NO8P/c1-5-6-7-8-9-10-11-12-13-14-15-16-17-18-19-20-21-22-23-24-32(37)40-27-30(34)28-41-42(38,39)29(2)33(3,4)26-25-31(35)36/h13-14,29-31,34-36H,5-12,15-28H2,1-4H3/p+1/b14-13-/t29?,30-/m1/s1. The lowest BCUT2D eigenvalue weighted by atomic mass is 10.1. The van der Waals surface area contributed by atoms with Crippen molar-refractivity contribution < 1.29 is 43.3 Å². The Labute approximate surface area is 256 Å². The summed E-state index contributed by atoms with van der Waals surface area (Å²) >= 11 is 0. The number of quaternary nitrogens is 1. The zero-order valence-electron chi connectivity index (χ0n) is 27.3. The molecule has 3 atom stereocenters. The van der Waals surface area contributed by atoms with Crippen LogP contribution < -0.4 is 0 Å². The van der Waals surface area contributed by atoms with Crippen LogP contribution in [-0.2, 0) is 18.6 Å². The van der Waals surface area contributed by atoms with Gasteiger partial charge in [-0.25, -0.2) is 0 Å². The van der Waals surface area contributed by atoms with Gasteiger partial charge < -0.3 is 34.0 Å². The summed E-state index contributed by atoms with van der Waals surface area (Å²) in [5.41, 5.74) is 0. The second-order valence-corrected chi connectivity index (χ2v) is 14.5. The summed E-state index contributed by atoms with van der Waals surface area (Å²) in [6.07, 6.45) is 23.3. The fraction of sp³-hybridized carbons (Fsp3) is 0.906. The highest BCUT2D eigenvalue weighted by Crippen LogP contribution is 2.50. The third kappa shape index (κ3) is 23.6.